The quantitative estimate of drug-likeness (QED) is 0.805. The number of rotatable bonds is 2. The number of hydrogen-bond acceptors (Lipinski definition) is 2. The number of amides is 2. The van der Waals surface area contributed by atoms with Crippen LogP contribution in [-0.2, 0) is 9.59 Å². The average molecular weight is 360 g/mol. The third kappa shape index (κ3) is 3.92. The Labute approximate surface area is 155 Å². The van der Waals surface area contributed by atoms with Crippen LogP contribution in [0.1, 0.15) is 58.1 Å². The number of halogens is 1. The van der Waals surface area contributed by atoms with E-state index >= 15 is 0 Å². The maximum absolute atomic E-state index is 13.2. The number of hydrogen-bond donors (Lipinski definition) is 0. The van der Waals surface area contributed by atoms with Gasteiger partial charge in [0, 0.05) is 31.0 Å². The van der Waals surface area contributed by atoms with Crippen molar-refractivity contribution in [3.63, 3.8) is 0 Å². The van der Waals surface area contributed by atoms with E-state index in [1.807, 2.05) is 30.6 Å². The topological polar surface area (TPSA) is 40.6 Å². The summed E-state index contributed by atoms with van der Waals surface area (Å²) in [7, 11) is 0. The Morgan fingerprint density at radius 1 is 1.00 bits per heavy atom. The molecular weight excluding hydrogens is 331 g/mol. The molecule has 4 nitrogen and oxygen atoms in total. The van der Waals surface area contributed by atoms with Gasteiger partial charge in [-0.15, -0.1) is 0 Å². The Morgan fingerprint density at radius 2 is 1.62 bits per heavy atom. The second-order valence-electron chi connectivity index (χ2n) is 8.56. The van der Waals surface area contributed by atoms with Gasteiger partial charge in [-0.1, -0.05) is 32.9 Å². The average Bonchev–Trinajstić information content (AvgIpc) is 3.10. The van der Waals surface area contributed by atoms with Crippen LogP contribution in [0.25, 0.3) is 0 Å². The lowest BCUT2D eigenvalue weighted by atomic mass is 9.90. The summed E-state index contributed by atoms with van der Waals surface area (Å²) in [4.78, 5) is 29.4. The number of carbonyl (C=O) groups excluding carboxylic acids is 2. The van der Waals surface area contributed by atoms with E-state index in [1.165, 1.54) is 12.1 Å². The molecule has 1 aromatic carbocycles. The molecule has 0 radical (unpaired) electrons. The van der Waals surface area contributed by atoms with Crippen LogP contribution in [0.5, 0.6) is 0 Å². The van der Waals surface area contributed by atoms with Crippen LogP contribution in [0.15, 0.2) is 24.3 Å². The minimum Gasteiger partial charge on any atom is -0.342 e. The van der Waals surface area contributed by atoms with Crippen LogP contribution in [0.2, 0.25) is 0 Å². The summed E-state index contributed by atoms with van der Waals surface area (Å²) in [6, 6.07) is 6.56. The predicted octanol–water partition coefficient (Wildman–Crippen LogP) is 3.77. The third-order valence-corrected chi connectivity index (χ3v) is 5.56. The lowest BCUT2D eigenvalue weighted by molar-refractivity contribution is -0.145. The first-order valence-corrected chi connectivity index (χ1v) is 9.62. The van der Waals surface area contributed by atoms with E-state index in [2.05, 4.69) is 0 Å². The van der Waals surface area contributed by atoms with E-state index in [0.29, 0.717) is 13.1 Å². The molecule has 1 atom stereocenters. The van der Waals surface area contributed by atoms with Crippen molar-refractivity contribution < 1.29 is 14.0 Å². The van der Waals surface area contributed by atoms with Gasteiger partial charge in [0.05, 0.1) is 6.04 Å². The number of piperidine rings is 1. The zero-order valence-corrected chi connectivity index (χ0v) is 16.0. The first-order chi connectivity index (χ1) is 12.3. The standard InChI is InChI=1S/C21H29FN2O2/c1-21(2,3)20(26)23-13-10-16(11-14-23)19(25)24-12-4-5-18(24)15-6-8-17(22)9-7-15/h6-9,16,18H,4-5,10-14H2,1-3H3. The monoisotopic (exact) mass is 360 g/mol. The highest BCUT2D eigenvalue weighted by atomic mass is 19.1. The summed E-state index contributed by atoms with van der Waals surface area (Å²) in [6.07, 6.45) is 3.37. The molecule has 1 aromatic rings. The Hall–Kier alpha value is -1.91. The molecule has 0 saturated carbocycles. The molecule has 2 fully saturated rings. The maximum atomic E-state index is 13.2. The predicted molar refractivity (Wildman–Crippen MR) is 98.8 cm³/mol. The molecule has 0 bridgehead atoms. The molecule has 0 N–H and O–H groups in total. The molecule has 142 valence electrons. The zero-order valence-electron chi connectivity index (χ0n) is 16.0. The van der Waals surface area contributed by atoms with Gasteiger partial charge in [-0.3, -0.25) is 9.59 Å². The van der Waals surface area contributed by atoms with Gasteiger partial charge in [0.2, 0.25) is 11.8 Å². The highest BCUT2D eigenvalue weighted by Crippen LogP contribution is 2.35. The summed E-state index contributed by atoms with van der Waals surface area (Å²) in [5.74, 6) is 0.0917. The summed E-state index contributed by atoms with van der Waals surface area (Å²) in [5.41, 5.74) is 0.636. The van der Waals surface area contributed by atoms with Crippen LogP contribution in [0.4, 0.5) is 4.39 Å². The highest BCUT2D eigenvalue weighted by molar-refractivity contribution is 5.83. The van der Waals surface area contributed by atoms with E-state index in [9.17, 15) is 14.0 Å². The van der Waals surface area contributed by atoms with E-state index in [0.717, 1.165) is 37.8 Å². The van der Waals surface area contributed by atoms with Gasteiger partial charge in [-0.25, -0.2) is 4.39 Å². The molecule has 26 heavy (non-hydrogen) atoms. The SMILES string of the molecule is CC(C)(C)C(=O)N1CCC(C(=O)N2CCCC2c2ccc(F)cc2)CC1. The molecule has 3 rings (SSSR count). The fraction of sp³-hybridized carbons (Fsp3) is 0.619. The summed E-state index contributed by atoms with van der Waals surface area (Å²) in [6.45, 7) is 7.88. The summed E-state index contributed by atoms with van der Waals surface area (Å²) in [5, 5.41) is 0. The van der Waals surface area contributed by atoms with Crippen molar-refractivity contribution in [3.05, 3.63) is 35.6 Å². The molecule has 2 heterocycles. The molecule has 5 heteroatoms. The summed E-state index contributed by atoms with van der Waals surface area (Å²) >= 11 is 0. The Balaban J connectivity index is 1.63. The molecule has 1 unspecified atom stereocenters. The van der Waals surface area contributed by atoms with Gasteiger partial charge in [0.15, 0.2) is 0 Å². The fourth-order valence-electron chi connectivity index (χ4n) is 4.10. The van der Waals surface area contributed by atoms with Gasteiger partial charge in [0.25, 0.3) is 0 Å². The normalized spacial score (nSPS) is 21.9. The Kier molecular flexibility index (Phi) is 5.35. The minimum absolute atomic E-state index is 0.0138. The van der Waals surface area contributed by atoms with Crippen molar-refractivity contribution in [2.45, 2.75) is 52.5 Å². The van der Waals surface area contributed by atoms with Crippen molar-refractivity contribution in [2.75, 3.05) is 19.6 Å². The molecule has 2 aliphatic rings. The Morgan fingerprint density at radius 3 is 2.19 bits per heavy atom. The second-order valence-corrected chi connectivity index (χ2v) is 8.56. The molecular formula is C21H29FN2O2. The van der Waals surface area contributed by atoms with Crippen molar-refractivity contribution >= 4 is 11.8 Å². The number of likely N-dealkylation sites (tertiary alicyclic amines) is 2. The lowest BCUT2D eigenvalue weighted by Gasteiger charge is -2.37. The highest BCUT2D eigenvalue weighted by Gasteiger charge is 2.37. The summed E-state index contributed by atoms with van der Waals surface area (Å²) < 4.78 is 13.2. The van der Waals surface area contributed by atoms with Crippen LogP contribution >= 0.6 is 0 Å². The van der Waals surface area contributed by atoms with Crippen LogP contribution in [0, 0.1) is 17.2 Å². The second kappa shape index (κ2) is 7.37. The van der Waals surface area contributed by atoms with E-state index in [4.69, 9.17) is 0 Å². The first kappa shape index (κ1) is 18.9. The van der Waals surface area contributed by atoms with Crippen molar-refractivity contribution in [1.29, 1.82) is 0 Å². The Bertz CT molecular complexity index is 658. The van der Waals surface area contributed by atoms with E-state index in [-0.39, 0.29) is 35.0 Å². The minimum atomic E-state index is -0.376. The van der Waals surface area contributed by atoms with Gasteiger partial charge in [-0.2, -0.15) is 0 Å². The van der Waals surface area contributed by atoms with Crippen LogP contribution in [0.3, 0.4) is 0 Å². The number of nitrogens with zero attached hydrogens (tertiary/aromatic N) is 2. The fourth-order valence-corrected chi connectivity index (χ4v) is 4.10. The van der Waals surface area contributed by atoms with Crippen molar-refractivity contribution in [1.82, 2.24) is 9.80 Å². The van der Waals surface area contributed by atoms with Gasteiger partial charge in [0.1, 0.15) is 5.82 Å². The van der Waals surface area contributed by atoms with Crippen molar-refractivity contribution in [3.8, 4) is 0 Å². The van der Waals surface area contributed by atoms with E-state index in [1.54, 1.807) is 12.1 Å². The maximum Gasteiger partial charge on any atom is 0.227 e. The van der Waals surface area contributed by atoms with Gasteiger partial charge >= 0.3 is 0 Å². The molecule has 0 spiro atoms. The molecule has 2 aliphatic heterocycles. The molecule has 2 saturated heterocycles. The van der Waals surface area contributed by atoms with Crippen LogP contribution in [-0.4, -0.2) is 41.2 Å². The first-order valence-electron chi connectivity index (χ1n) is 9.62. The lowest BCUT2D eigenvalue weighted by Crippen LogP contribution is -2.47. The third-order valence-electron chi connectivity index (χ3n) is 5.56. The number of carbonyl (C=O) groups is 2. The smallest absolute Gasteiger partial charge is 0.227 e. The molecule has 0 aliphatic carbocycles. The largest absolute Gasteiger partial charge is 0.342 e. The number of benzene rings is 1. The molecule has 0 aromatic heterocycles. The van der Waals surface area contributed by atoms with Gasteiger partial charge in [-0.05, 0) is 43.4 Å². The zero-order chi connectivity index (χ0) is 18.9. The van der Waals surface area contributed by atoms with E-state index < -0.39 is 0 Å². The molecule has 2 amide bonds. The van der Waals surface area contributed by atoms with Gasteiger partial charge < -0.3 is 9.80 Å². The van der Waals surface area contributed by atoms with Crippen molar-refractivity contribution in [2.24, 2.45) is 11.3 Å². The van der Waals surface area contributed by atoms with Crippen LogP contribution < -0.4 is 0 Å².